The smallest absolute Gasteiger partial charge is 0.177 e. The van der Waals surface area contributed by atoms with Crippen molar-refractivity contribution in [3.05, 3.63) is 71.2 Å². The van der Waals surface area contributed by atoms with Crippen LogP contribution < -0.4 is 10.6 Å². The normalized spacial score (nSPS) is 18.2. The molecule has 2 aromatic heterocycles. The van der Waals surface area contributed by atoms with Gasteiger partial charge in [0.15, 0.2) is 9.84 Å². The Morgan fingerprint density at radius 3 is 2.54 bits per heavy atom. The molecule has 1 saturated heterocycles. The van der Waals surface area contributed by atoms with E-state index in [9.17, 15) is 13.2 Å². The van der Waals surface area contributed by atoms with E-state index in [0.717, 1.165) is 49.0 Å². The molecule has 2 N–H and O–H groups in total. The number of benzene rings is 1. The number of carbonyl (C=O) groups excluding carboxylic acids is 1. The number of pyridine rings is 2. The summed E-state index contributed by atoms with van der Waals surface area (Å²) in [5, 5.41) is 6.50. The highest BCUT2D eigenvalue weighted by Crippen LogP contribution is 2.36. The van der Waals surface area contributed by atoms with Gasteiger partial charge in [-0.25, -0.2) is 13.4 Å². The number of fused-ring (bicyclic) bond motifs is 1. The summed E-state index contributed by atoms with van der Waals surface area (Å²) in [6, 6.07) is 9.74. The topological polar surface area (TPSA) is 104 Å². The second-order valence-corrected chi connectivity index (χ2v) is 11.9. The maximum absolute atomic E-state index is 12.3. The molecule has 5 rings (SSSR count). The van der Waals surface area contributed by atoms with E-state index >= 15 is 0 Å². The number of sulfone groups is 1. The third kappa shape index (κ3) is 5.14. The Balaban J connectivity index is 1.54. The lowest BCUT2D eigenvalue weighted by Gasteiger charge is -2.29. The van der Waals surface area contributed by atoms with Crippen LogP contribution in [0.25, 0.3) is 17.3 Å². The second-order valence-electron chi connectivity index (χ2n) is 9.88. The fourth-order valence-electron chi connectivity index (χ4n) is 5.16. The van der Waals surface area contributed by atoms with Crippen LogP contribution in [0.3, 0.4) is 0 Å². The molecule has 0 saturated carbocycles. The zero-order valence-corrected chi connectivity index (χ0v) is 22.0. The first-order valence-electron chi connectivity index (χ1n) is 12.4. The summed E-state index contributed by atoms with van der Waals surface area (Å²) in [7, 11) is -1.28. The van der Waals surface area contributed by atoms with E-state index in [0.29, 0.717) is 28.6 Å². The van der Waals surface area contributed by atoms with Crippen LogP contribution in [0.2, 0.25) is 0 Å². The van der Waals surface area contributed by atoms with Gasteiger partial charge in [-0.15, -0.1) is 0 Å². The van der Waals surface area contributed by atoms with E-state index in [1.807, 2.05) is 24.3 Å². The molecule has 2 aliphatic heterocycles. The number of aromatic nitrogens is 2. The zero-order valence-electron chi connectivity index (χ0n) is 21.2. The van der Waals surface area contributed by atoms with Gasteiger partial charge in [-0.2, -0.15) is 0 Å². The third-order valence-corrected chi connectivity index (χ3v) is 8.49. The molecule has 37 heavy (non-hydrogen) atoms. The maximum atomic E-state index is 12.3. The van der Waals surface area contributed by atoms with Crippen LogP contribution in [0.4, 0.5) is 11.5 Å². The van der Waals surface area contributed by atoms with Crippen LogP contribution in [0, 0.1) is 6.92 Å². The summed E-state index contributed by atoms with van der Waals surface area (Å²) in [5.41, 5.74) is 5.56. The van der Waals surface area contributed by atoms with Crippen LogP contribution in [0.1, 0.15) is 47.1 Å². The Bertz CT molecular complexity index is 1460. The number of hydrogen-bond donors (Lipinski definition) is 2. The van der Waals surface area contributed by atoms with E-state index in [-0.39, 0.29) is 4.90 Å². The largest absolute Gasteiger partial charge is 0.378 e. The van der Waals surface area contributed by atoms with Gasteiger partial charge in [-0.1, -0.05) is 12.1 Å². The molecule has 1 unspecified atom stereocenters. The van der Waals surface area contributed by atoms with Gasteiger partial charge in [0.25, 0.3) is 0 Å². The molecule has 192 valence electrons. The average Bonchev–Trinajstić information content (AvgIpc) is 2.88. The molecule has 0 bridgehead atoms. The Labute approximate surface area is 217 Å². The molecule has 1 atom stereocenters. The fraction of sp³-hybridized carbons (Fsp3) is 0.321. The minimum atomic E-state index is -3.45. The SMILES string of the molecule is Cc1c(-c2cc3c(c(Nc4ccc(C5CCN(C)CC5)cc4)n2)C(C=O)NC=C3)cncc1S(C)(=O)=O. The second kappa shape index (κ2) is 10.1. The molecule has 0 radical (unpaired) electrons. The summed E-state index contributed by atoms with van der Waals surface area (Å²) in [5.74, 6) is 1.10. The Hall–Kier alpha value is -3.56. The highest BCUT2D eigenvalue weighted by Gasteiger charge is 2.25. The number of aldehydes is 1. The Morgan fingerprint density at radius 1 is 1.14 bits per heavy atom. The first-order valence-corrected chi connectivity index (χ1v) is 14.3. The molecular formula is C28H31N5O3S. The van der Waals surface area contributed by atoms with Gasteiger partial charge in [0.2, 0.25) is 0 Å². The van der Waals surface area contributed by atoms with E-state index < -0.39 is 15.9 Å². The van der Waals surface area contributed by atoms with Gasteiger partial charge in [-0.3, -0.25) is 4.98 Å². The van der Waals surface area contributed by atoms with Crippen molar-refractivity contribution in [2.24, 2.45) is 0 Å². The van der Waals surface area contributed by atoms with E-state index in [2.05, 4.69) is 39.7 Å². The van der Waals surface area contributed by atoms with Crippen molar-refractivity contribution < 1.29 is 13.2 Å². The Kier molecular flexibility index (Phi) is 6.83. The fourth-order valence-corrected chi connectivity index (χ4v) is 6.08. The number of nitrogens with one attached hydrogen (secondary N) is 2. The summed E-state index contributed by atoms with van der Waals surface area (Å²) < 4.78 is 24.6. The van der Waals surface area contributed by atoms with Gasteiger partial charge in [0.1, 0.15) is 18.1 Å². The monoisotopic (exact) mass is 517 g/mol. The van der Waals surface area contributed by atoms with E-state index in [4.69, 9.17) is 4.98 Å². The predicted molar refractivity (Wildman–Crippen MR) is 145 cm³/mol. The molecule has 1 fully saturated rings. The first-order chi connectivity index (χ1) is 17.7. The third-order valence-electron chi connectivity index (χ3n) is 7.28. The van der Waals surface area contributed by atoms with Crippen LogP contribution in [-0.2, 0) is 14.6 Å². The molecule has 8 nitrogen and oxygen atoms in total. The number of anilines is 2. The van der Waals surface area contributed by atoms with Crippen molar-refractivity contribution in [1.29, 1.82) is 0 Å². The Morgan fingerprint density at radius 2 is 1.86 bits per heavy atom. The lowest BCUT2D eigenvalue weighted by molar-refractivity contribution is -0.109. The zero-order chi connectivity index (χ0) is 26.2. The quantitative estimate of drug-likeness (QED) is 0.469. The number of likely N-dealkylation sites (tertiary alicyclic amines) is 1. The summed E-state index contributed by atoms with van der Waals surface area (Å²) in [6.07, 6.45) is 11.0. The van der Waals surface area contributed by atoms with Crippen molar-refractivity contribution in [2.45, 2.75) is 36.6 Å². The molecule has 0 spiro atoms. The maximum Gasteiger partial charge on any atom is 0.177 e. The molecule has 3 aromatic rings. The molecule has 1 aromatic carbocycles. The van der Waals surface area contributed by atoms with Gasteiger partial charge in [-0.05, 0) is 93.0 Å². The summed E-state index contributed by atoms with van der Waals surface area (Å²) >= 11 is 0. The van der Waals surface area contributed by atoms with Crippen molar-refractivity contribution in [3.63, 3.8) is 0 Å². The van der Waals surface area contributed by atoms with E-state index in [1.54, 1.807) is 19.3 Å². The van der Waals surface area contributed by atoms with Crippen LogP contribution in [0.5, 0.6) is 0 Å². The van der Waals surface area contributed by atoms with E-state index in [1.165, 1.54) is 18.0 Å². The number of carbonyl (C=O) groups is 1. The van der Waals surface area contributed by atoms with Crippen molar-refractivity contribution in [2.75, 3.05) is 31.7 Å². The van der Waals surface area contributed by atoms with Crippen molar-refractivity contribution >= 4 is 33.7 Å². The van der Waals surface area contributed by atoms with Crippen molar-refractivity contribution in [1.82, 2.24) is 20.2 Å². The minimum absolute atomic E-state index is 0.173. The molecular weight excluding hydrogens is 486 g/mol. The molecule has 0 amide bonds. The molecule has 4 heterocycles. The van der Waals surface area contributed by atoms with Gasteiger partial charge in [0.05, 0.1) is 10.6 Å². The number of rotatable bonds is 6. The highest BCUT2D eigenvalue weighted by atomic mass is 32.2. The number of piperidine rings is 1. The van der Waals surface area contributed by atoms with Gasteiger partial charge in [0, 0.05) is 35.5 Å². The average molecular weight is 518 g/mol. The molecule has 2 aliphatic rings. The molecule has 9 heteroatoms. The standard InChI is InChI=1S/C28H31N5O3S/c1-18-23(15-29-16-26(18)37(3,35)36)24-14-21-8-11-30-25(17-34)27(21)28(32-24)31-22-6-4-19(5-7-22)20-9-12-33(2)13-10-20/h4-8,11,14-17,20,25,30H,9-10,12-13H2,1-3H3,(H,31,32). The van der Waals surface area contributed by atoms with Crippen molar-refractivity contribution in [3.8, 4) is 11.3 Å². The van der Waals surface area contributed by atoms with Crippen LogP contribution in [-0.4, -0.2) is 56.0 Å². The number of nitrogens with zero attached hydrogens (tertiary/aromatic N) is 3. The summed E-state index contributed by atoms with van der Waals surface area (Å²) in [6.45, 7) is 3.97. The lowest BCUT2D eigenvalue weighted by Crippen LogP contribution is -2.29. The lowest BCUT2D eigenvalue weighted by atomic mass is 9.89. The van der Waals surface area contributed by atoms with Crippen LogP contribution >= 0.6 is 0 Å². The van der Waals surface area contributed by atoms with Gasteiger partial charge >= 0.3 is 0 Å². The first kappa shape index (κ1) is 25.1. The van der Waals surface area contributed by atoms with Crippen LogP contribution in [0.15, 0.2) is 53.8 Å². The minimum Gasteiger partial charge on any atom is -0.378 e. The number of hydrogen-bond acceptors (Lipinski definition) is 8. The van der Waals surface area contributed by atoms with Gasteiger partial charge < -0.3 is 20.3 Å². The highest BCUT2D eigenvalue weighted by molar-refractivity contribution is 7.90. The summed E-state index contributed by atoms with van der Waals surface area (Å²) in [4.78, 5) is 23.5. The predicted octanol–water partition coefficient (Wildman–Crippen LogP) is 4.22. The molecule has 0 aliphatic carbocycles.